The summed E-state index contributed by atoms with van der Waals surface area (Å²) in [7, 11) is 0. The van der Waals surface area contributed by atoms with Gasteiger partial charge in [0.25, 0.3) is 5.91 Å². The molecule has 4 nitrogen and oxygen atoms in total. The molecule has 20 heavy (non-hydrogen) atoms. The van der Waals surface area contributed by atoms with Crippen LogP contribution in [0, 0.1) is 0 Å². The second-order valence-electron chi connectivity index (χ2n) is 4.89. The maximum absolute atomic E-state index is 12.1. The molecule has 3 N–H and O–H groups in total. The van der Waals surface area contributed by atoms with Crippen LogP contribution in [0.1, 0.15) is 35.0 Å². The number of hydrogen-bond donors (Lipinski definition) is 2. The molecule has 1 heterocycles. The highest BCUT2D eigenvalue weighted by Crippen LogP contribution is 2.07. The molecule has 2 aromatic rings. The van der Waals surface area contributed by atoms with E-state index in [9.17, 15) is 4.79 Å². The van der Waals surface area contributed by atoms with Gasteiger partial charge in [0.2, 0.25) is 0 Å². The van der Waals surface area contributed by atoms with E-state index in [0.29, 0.717) is 12.1 Å². The summed E-state index contributed by atoms with van der Waals surface area (Å²) in [6.07, 6.45) is 3.33. The zero-order valence-electron chi connectivity index (χ0n) is 11.6. The number of nitrogens with one attached hydrogen (secondary N) is 1. The molecule has 0 fully saturated rings. The van der Waals surface area contributed by atoms with Crippen molar-refractivity contribution in [3.05, 3.63) is 59.5 Å². The van der Waals surface area contributed by atoms with Gasteiger partial charge >= 0.3 is 0 Å². The van der Waals surface area contributed by atoms with Crippen LogP contribution < -0.4 is 11.1 Å². The van der Waals surface area contributed by atoms with Gasteiger partial charge in [0.05, 0.1) is 6.26 Å². The van der Waals surface area contributed by atoms with Crippen molar-refractivity contribution < 1.29 is 9.21 Å². The number of carbonyl (C=O) groups excluding carboxylic acids is 1. The van der Waals surface area contributed by atoms with Crippen LogP contribution >= 0.6 is 0 Å². The lowest BCUT2D eigenvalue weighted by Crippen LogP contribution is -2.32. The number of furan rings is 1. The number of carbonyl (C=O) groups is 1. The van der Waals surface area contributed by atoms with Crippen molar-refractivity contribution in [2.75, 3.05) is 0 Å². The van der Waals surface area contributed by atoms with Gasteiger partial charge in [-0.2, -0.15) is 0 Å². The predicted molar refractivity (Wildman–Crippen MR) is 78.3 cm³/mol. The van der Waals surface area contributed by atoms with Gasteiger partial charge in [-0.3, -0.25) is 4.79 Å². The quantitative estimate of drug-likeness (QED) is 0.849. The van der Waals surface area contributed by atoms with Crippen LogP contribution in [0.2, 0.25) is 0 Å². The summed E-state index contributed by atoms with van der Waals surface area (Å²) in [4.78, 5) is 12.1. The molecule has 106 valence electrons. The van der Waals surface area contributed by atoms with Gasteiger partial charge in [-0.05, 0) is 43.2 Å². The van der Waals surface area contributed by atoms with Crippen molar-refractivity contribution in [1.29, 1.82) is 0 Å². The first-order valence-electron chi connectivity index (χ1n) is 6.81. The Hall–Kier alpha value is -2.07. The summed E-state index contributed by atoms with van der Waals surface area (Å²) in [5.74, 6) is 0.888. The van der Waals surface area contributed by atoms with Crippen LogP contribution in [-0.2, 0) is 13.0 Å². The first-order valence-corrected chi connectivity index (χ1v) is 6.81. The van der Waals surface area contributed by atoms with E-state index in [4.69, 9.17) is 10.2 Å². The topological polar surface area (TPSA) is 68.3 Å². The van der Waals surface area contributed by atoms with Crippen LogP contribution in [0.15, 0.2) is 47.1 Å². The first-order chi connectivity index (χ1) is 9.69. The van der Waals surface area contributed by atoms with E-state index in [-0.39, 0.29) is 11.9 Å². The number of hydrogen-bond acceptors (Lipinski definition) is 3. The molecule has 0 bridgehead atoms. The number of nitrogens with two attached hydrogens (primary N) is 1. The van der Waals surface area contributed by atoms with Gasteiger partial charge in [-0.1, -0.05) is 12.1 Å². The van der Waals surface area contributed by atoms with Crippen LogP contribution in [0.25, 0.3) is 0 Å². The highest BCUT2D eigenvalue weighted by Gasteiger charge is 2.10. The molecule has 0 saturated heterocycles. The standard InChI is InChI=1S/C16H20N2O2/c1-12(4-9-15-3-2-10-20-15)18-16(19)14-7-5-13(11-17)6-8-14/h2-3,5-8,10,12H,4,9,11,17H2,1H3,(H,18,19). The Labute approximate surface area is 119 Å². The average Bonchev–Trinajstić information content (AvgIpc) is 2.98. The molecule has 1 aromatic carbocycles. The highest BCUT2D eigenvalue weighted by atomic mass is 16.3. The molecule has 2 rings (SSSR count). The largest absolute Gasteiger partial charge is 0.469 e. The third-order valence-electron chi connectivity index (χ3n) is 3.23. The molecule has 4 heteroatoms. The van der Waals surface area contributed by atoms with E-state index in [1.807, 2.05) is 31.2 Å². The Kier molecular flexibility index (Phi) is 4.96. The lowest BCUT2D eigenvalue weighted by atomic mass is 10.1. The van der Waals surface area contributed by atoms with Gasteiger partial charge in [0, 0.05) is 24.6 Å². The molecule has 0 radical (unpaired) electrons. The third-order valence-corrected chi connectivity index (χ3v) is 3.23. The number of amides is 1. The van der Waals surface area contributed by atoms with Gasteiger partial charge in [0.15, 0.2) is 0 Å². The molecule has 0 aliphatic rings. The molecule has 0 saturated carbocycles. The summed E-state index contributed by atoms with van der Waals surface area (Å²) >= 11 is 0. The summed E-state index contributed by atoms with van der Waals surface area (Å²) in [5.41, 5.74) is 7.21. The Morgan fingerprint density at radius 3 is 2.65 bits per heavy atom. The second-order valence-corrected chi connectivity index (χ2v) is 4.89. The molecular weight excluding hydrogens is 252 g/mol. The van der Waals surface area contributed by atoms with Crippen molar-refractivity contribution >= 4 is 5.91 Å². The smallest absolute Gasteiger partial charge is 0.251 e. The fraction of sp³-hybridized carbons (Fsp3) is 0.312. The zero-order valence-corrected chi connectivity index (χ0v) is 11.6. The average molecular weight is 272 g/mol. The third kappa shape index (κ3) is 3.96. The number of aryl methyl sites for hydroxylation is 1. The van der Waals surface area contributed by atoms with E-state index in [0.717, 1.165) is 24.2 Å². The SMILES string of the molecule is CC(CCc1ccco1)NC(=O)c1ccc(CN)cc1. The normalized spacial score (nSPS) is 12.1. The van der Waals surface area contributed by atoms with Gasteiger partial charge in [-0.25, -0.2) is 0 Å². The summed E-state index contributed by atoms with van der Waals surface area (Å²) < 4.78 is 5.27. The fourth-order valence-electron chi connectivity index (χ4n) is 1.99. The molecule has 0 aliphatic carbocycles. The lowest BCUT2D eigenvalue weighted by molar-refractivity contribution is 0.0938. The van der Waals surface area contributed by atoms with Gasteiger partial charge in [0.1, 0.15) is 5.76 Å². The van der Waals surface area contributed by atoms with Crippen LogP contribution in [-0.4, -0.2) is 11.9 Å². The first kappa shape index (κ1) is 14.3. The van der Waals surface area contributed by atoms with E-state index in [1.165, 1.54) is 0 Å². The Morgan fingerprint density at radius 1 is 1.30 bits per heavy atom. The van der Waals surface area contributed by atoms with Gasteiger partial charge in [-0.15, -0.1) is 0 Å². The molecular formula is C16H20N2O2. The van der Waals surface area contributed by atoms with E-state index in [1.54, 1.807) is 18.4 Å². The minimum atomic E-state index is -0.0551. The molecule has 0 aliphatic heterocycles. The highest BCUT2D eigenvalue weighted by molar-refractivity contribution is 5.94. The maximum Gasteiger partial charge on any atom is 0.251 e. The van der Waals surface area contributed by atoms with Crippen molar-refractivity contribution in [3.63, 3.8) is 0 Å². The zero-order chi connectivity index (χ0) is 14.4. The lowest BCUT2D eigenvalue weighted by Gasteiger charge is -2.13. The van der Waals surface area contributed by atoms with Crippen LogP contribution in [0.3, 0.4) is 0 Å². The molecule has 1 unspecified atom stereocenters. The Bertz CT molecular complexity index is 532. The molecule has 1 aromatic heterocycles. The summed E-state index contributed by atoms with van der Waals surface area (Å²) in [6, 6.07) is 11.3. The van der Waals surface area contributed by atoms with E-state index in [2.05, 4.69) is 5.32 Å². The Balaban J connectivity index is 1.83. The van der Waals surface area contributed by atoms with Gasteiger partial charge < -0.3 is 15.5 Å². The molecule has 1 amide bonds. The van der Waals surface area contributed by atoms with Crippen molar-refractivity contribution in [2.45, 2.75) is 32.4 Å². The summed E-state index contributed by atoms with van der Waals surface area (Å²) in [5, 5.41) is 2.98. The van der Waals surface area contributed by atoms with Crippen LogP contribution in [0.4, 0.5) is 0 Å². The summed E-state index contributed by atoms with van der Waals surface area (Å²) in [6.45, 7) is 2.48. The second kappa shape index (κ2) is 6.91. The van der Waals surface area contributed by atoms with Crippen molar-refractivity contribution in [2.24, 2.45) is 5.73 Å². The van der Waals surface area contributed by atoms with Crippen molar-refractivity contribution in [1.82, 2.24) is 5.32 Å². The maximum atomic E-state index is 12.1. The molecule has 0 spiro atoms. The number of benzene rings is 1. The Morgan fingerprint density at radius 2 is 2.05 bits per heavy atom. The fourth-order valence-corrected chi connectivity index (χ4v) is 1.99. The van der Waals surface area contributed by atoms with Crippen LogP contribution in [0.5, 0.6) is 0 Å². The molecule has 1 atom stereocenters. The minimum absolute atomic E-state index is 0.0551. The predicted octanol–water partition coefficient (Wildman–Crippen LogP) is 2.49. The van der Waals surface area contributed by atoms with E-state index < -0.39 is 0 Å². The number of rotatable bonds is 6. The van der Waals surface area contributed by atoms with E-state index >= 15 is 0 Å². The van der Waals surface area contributed by atoms with Crippen molar-refractivity contribution in [3.8, 4) is 0 Å². The minimum Gasteiger partial charge on any atom is -0.469 e. The monoisotopic (exact) mass is 272 g/mol.